The Labute approximate surface area is 228 Å². The predicted octanol–water partition coefficient (Wildman–Crippen LogP) is 4.42. The van der Waals surface area contributed by atoms with E-state index in [0.717, 1.165) is 0 Å². The number of carbonyl (C=O) groups excluding carboxylic acids is 2. The second-order valence-corrected chi connectivity index (χ2v) is 26.0. The van der Waals surface area contributed by atoms with Crippen LogP contribution >= 0.6 is 0 Å². The fourth-order valence-corrected chi connectivity index (χ4v) is 22.9. The number of fused-ring (bicyclic) bond motifs is 3. The zero-order valence-corrected chi connectivity index (χ0v) is 26.3. The fourth-order valence-electron chi connectivity index (χ4n) is 8.28. The number of likely N-dealkylation sites (tertiary alicyclic amines) is 1. The van der Waals surface area contributed by atoms with Crippen molar-refractivity contribution in [3.8, 4) is 0 Å². The molecule has 3 atom stereocenters. The summed E-state index contributed by atoms with van der Waals surface area (Å²) in [6.45, 7) is 17.4. The lowest BCUT2D eigenvalue weighted by atomic mass is 9.85. The third-order valence-electron chi connectivity index (χ3n) is 8.94. The number of hydrogen-bond acceptors (Lipinski definition) is 5. The van der Waals surface area contributed by atoms with E-state index in [2.05, 4.69) is 39.3 Å². The third kappa shape index (κ3) is 2.96. The standard InChI is InChI=1S/C28H38N2O5SSi2/c1-9-35-24(32)28-23(31)29(25(37(3,4)5)38(6,7)8)19-27(28)26(28,2)21-17-13-14-18-22(21)30(27)36(33,34)20-15-11-10-12-16-20/h10-18,25H,9,19H2,1-8H3/t26-,27+,28-/m1/s1. The van der Waals surface area contributed by atoms with Gasteiger partial charge in [-0.15, -0.1) is 0 Å². The molecule has 204 valence electrons. The number of anilines is 1. The SMILES string of the molecule is CCOC(=O)[C@@]12C(=O)N(C([Si](C)(C)C)[Si](C)(C)C)C[C@@]13N(S(=O)(=O)c1ccccc1)c1ccccc1[C@@]23C. The summed E-state index contributed by atoms with van der Waals surface area (Å²) in [5.41, 5.74) is -2.74. The van der Waals surface area contributed by atoms with Crippen LogP contribution in [0.5, 0.6) is 0 Å². The zero-order valence-electron chi connectivity index (χ0n) is 23.5. The van der Waals surface area contributed by atoms with E-state index in [4.69, 9.17) is 4.74 Å². The van der Waals surface area contributed by atoms with Crippen molar-refractivity contribution >= 4 is 43.7 Å². The van der Waals surface area contributed by atoms with Gasteiger partial charge in [-0.1, -0.05) is 82.6 Å². The first-order valence-corrected chi connectivity index (χ1v) is 21.8. The van der Waals surface area contributed by atoms with Gasteiger partial charge in [0.2, 0.25) is 5.91 Å². The van der Waals surface area contributed by atoms with E-state index in [0.29, 0.717) is 11.3 Å². The topological polar surface area (TPSA) is 84.0 Å². The zero-order chi connectivity index (χ0) is 28.1. The van der Waals surface area contributed by atoms with Crippen molar-refractivity contribution in [1.82, 2.24) is 4.90 Å². The minimum atomic E-state index is -4.12. The molecule has 1 aliphatic carbocycles. The lowest BCUT2D eigenvalue weighted by Gasteiger charge is -2.46. The molecule has 2 aromatic carbocycles. The van der Waals surface area contributed by atoms with Gasteiger partial charge in [-0.05, 0) is 30.7 Å². The Balaban J connectivity index is 1.82. The minimum absolute atomic E-state index is 0.0187. The molecule has 5 rings (SSSR count). The number of benzene rings is 2. The summed E-state index contributed by atoms with van der Waals surface area (Å²) >= 11 is 0. The van der Waals surface area contributed by atoms with Gasteiger partial charge in [0.25, 0.3) is 10.0 Å². The first kappa shape index (κ1) is 27.1. The van der Waals surface area contributed by atoms with Crippen molar-refractivity contribution in [2.45, 2.75) is 74.3 Å². The number of sulfonamides is 1. The van der Waals surface area contributed by atoms with Crippen molar-refractivity contribution in [2.24, 2.45) is 5.41 Å². The lowest BCUT2D eigenvalue weighted by Crippen LogP contribution is -2.66. The number of piperidine rings is 1. The van der Waals surface area contributed by atoms with Gasteiger partial charge in [-0.3, -0.25) is 13.9 Å². The van der Waals surface area contributed by atoms with Crippen molar-refractivity contribution in [2.75, 3.05) is 17.5 Å². The molecule has 1 amide bonds. The average Bonchev–Trinajstić information content (AvgIpc) is 3.01. The van der Waals surface area contributed by atoms with Crippen LogP contribution in [0.3, 0.4) is 0 Å². The molecule has 2 heterocycles. The number of rotatable bonds is 7. The number of nitrogens with zero attached hydrogens (tertiary/aromatic N) is 2. The molecule has 0 unspecified atom stereocenters. The Morgan fingerprint density at radius 3 is 2.08 bits per heavy atom. The average molecular weight is 571 g/mol. The van der Waals surface area contributed by atoms with Gasteiger partial charge in [0.1, 0.15) is 5.54 Å². The summed E-state index contributed by atoms with van der Waals surface area (Å²) < 4.78 is 36.0. The smallest absolute Gasteiger partial charge is 0.325 e. The van der Waals surface area contributed by atoms with Gasteiger partial charge in [0, 0.05) is 11.8 Å². The predicted molar refractivity (Wildman–Crippen MR) is 154 cm³/mol. The van der Waals surface area contributed by atoms with Crippen LogP contribution in [-0.2, 0) is 29.8 Å². The van der Waals surface area contributed by atoms with E-state index in [1.807, 2.05) is 30.0 Å². The molecule has 0 aromatic heterocycles. The van der Waals surface area contributed by atoms with Gasteiger partial charge in [0.05, 0.1) is 38.8 Å². The van der Waals surface area contributed by atoms with E-state index < -0.39 is 48.5 Å². The largest absolute Gasteiger partial charge is 0.465 e. The Kier molecular flexibility index (Phi) is 5.75. The molecule has 0 bridgehead atoms. The summed E-state index contributed by atoms with van der Waals surface area (Å²) in [6, 6.07) is 15.6. The monoisotopic (exact) mass is 570 g/mol. The Hall–Kier alpha value is -2.44. The molecule has 10 heteroatoms. The Morgan fingerprint density at radius 1 is 0.974 bits per heavy atom. The highest BCUT2D eigenvalue weighted by molar-refractivity contribution is 7.93. The molecule has 1 spiro atoms. The number of carbonyl (C=O) groups is 2. The summed E-state index contributed by atoms with van der Waals surface area (Å²) in [6.07, 6.45) is 0. The summed E-state index contributed by atoms with van der Waals surface area (Å²) in [5.74, 6) is -0.904. The van der Waals surface area contributed by atoms with Crippen LogP contribution in [0.15, 0.2) is 59.5 Å². The van der Waals surface area contributed by atoms with Crippen molar-refractivity contribution in [3.05, 3.63) is 60.2 Å². The number of esters is 1. The second kappa shape index (κ2) is 8.05. The maximum absolute atomic E-state index is 14.8. The maximum atomic E-state index is 14.8. The highest BCUT2D eigenvalue weighted by Crippen LogP contribution is 2.84. The van der Waals surface area contributed by atoms with Crippen molar-refractivity contribution in [3.63, 3.8) is 0 Å². The molecular weight excluding hydrogens is 533 g/mol. The van der Waals surface area contributed by atoms with Gasteiger partial charge < -0.3 is 9.64 Å². The van der Waals surface area contributed by atoms with Crippen molar-refractivity contribution in [1.29, 1.82) is 0 Å². The van der Waals surface area contributed by atoms with E-state index in [1.54, 1.807) is 43.3 Å². The molecule has 7 nitrogen and oxygen atoms in total. The highest BCUT2D eigenvalue weighted by Gasteiger charge is 3.02. The van der Waals surface area contributed by atoms with Gasteiger partial charge >= 0.3 is 5.97 Å². The number of ether oxygens (including phenoxy) is 1. The minimum Gasteiger partial charge on any atom is -0.465 e. The molecule has 1 saturated heterocycles. The molecule has 38 heavy (non-hydrogen) atoms. The molecular formula is C28H38N2O5SSi2. The van der Waals surface area contributed by atoms with Crippen molar-refractivity contribution < 1.29 is 22.7 Å². The highest BCUT2D eigenvalue weighted by atomic mass is 32.2. The number of hydrogen-bond donors (Lipinski definition) is 0. The number of amides is 1. The Bertz CT molecular complexity index is 1420. The van der Waals surface area contributed by atoms with Gasteiger partial charge in [-0.2, -0.15) is 0 Å². The molecule has 0 N–H and O–H groups in total. The van der Waals surface area contributed by atoms with E-state index in [1.165, 1.54) is 4.31 Å². The normalized spacial score (nSPS) is 28.3. The van der Waals surface area contributed by atoms with Crippen LogP contribution in [0, 0.1) is 5.41 Å². The van der Waals surface area contributed by atoms with E-state index in [-0.39, 0.29) is 29.2 Å². The summed E-state index contributed by atoms with van der Waals surface area (Å²) in [4.78, 5) is 30.9. The fraction of sp³-hybridized carbons (Fsp3) is 0.500. The van der Waals surface area contributed by atoms with Crippen LogP contribution in [-0.4, -0.2) is 65.3 Å². The van der Waals surface area contributed by atoms with Crippen LogP contribution in [0.2, 0.25) is 39.3 Å². The molecule has 2 aromatic rings. The lowest BCUT2D eigenvalue weighted by molar-refractivity contribution is -0.157. The van der Waals surface area contributed by atoms with Crippen LogP contribution in [0.25, 0.3) is 0 Å². The van der Waals surface area contributed by atoms with E-state index in [9.17, 15) is 18.0 Å². The Morgan fingerprint density at radius 2 is 1.53 bits per heavy atom. The van der Waals surface area contributed by atoms with Gasteiger partial charge in [-0.25, -0.2) is 8.42 Å². The van der Waals surface area contributed by atoms with Gasteiger partial charge in [0.15, 0.2) is 5.41 Å². The second-order valence-electron chi connectivity index (χ2n) is 13.1. The maximum Gasteiger partial charge on any atom is 0.325 e. The molecule has 1 saturated carbocycles. The molecule has 2 aliphatic heterocycles. The third-order valence-corrected chi connectivity index (χ3v) is 19.9. The van der Waals surface area contributed by atoms with Crippen LogP contribution in [0.4, 0.5) is 5.69 Å². The molecule has 3 aliphatic rings. The summed E-state index contributed by atoms with van der Waals surface area (Å²) in [7, 11) is -8.04. The molecule has 0 radical (unpaired) electrons. The summed E-state index contributed by atoms with van der Waals surface area (Å²) in [5, 5.41) is 0.0187. The van der Waals surface area contributed by atoms with E-state index >= 15 is 0 Å². The quantitative estimate of drug-likeness (QED) is 0.280. The first-order chi connectivity index (χ1) is 17.6. The first-order valence-electron chi connectivity index (χ1n) is 13.2. The van der Waals surface area contributed by atoms with Crippen LogP contribution in [0.1, 0.15) is 19.4 Å². The number of para-hydroxylation sites is 1. The molecule has 2 fully saturated rings. The van der Waals surface area contributed by atoms with Crippen LogP contribution < -0.4 is 4.31 Å².